The van der Waals surface area contributed by atoms with Gasteiger partial charge in [-0.25, -0.2) is 13.8 Å². The minimum Gasteiger partial charge on any atom is -0.392 e. The molecule has 2 nitrogen and oxygen atoms in total. The molecule has 78 valence electrons. The molecule has 0 spiro atoms. The normalized spacial score (nSPS) is 11.0. The highest BCUT2D eigenvalue weighted by Gasteiger charge is 2.15. The first-order valence-electron chi connectivity index (χ1n) is 3.73. The standard InChI is InChI=1S/C8H7Cl2F2NO/c9-2-4-1-6(8(11)12)13-7(10)5(4)3-14/h1,8,14H,2-3H2. The van der Waals surface area contributed by atoms with E-state index in [1.807, 2.05) is 0 Å². The van der Waals surface area contributed by atoms with Gasteiger partial charge in [0.05, 0.1) is 6.61 Å². The number of hydrogen-bond acceptors (Lipinski definition) is 2. The van der Waals surface area contributed by atoms with Gasteiger partial charge in [0.2, 0.25) is 0 Å². The van der Waals surface area contributed by atoms with E-state index in [0.717, 1.165) is 6.07 Å². The zero-order valence-electron chi connectivity index (χ0n) is 6.98. The van der Waals surface area contributed by atoms with Crippen LogP contribution < -0.4 is 0 Å². The third kappa shape index (κ3) is 2.32. The average Bonchev–Trinajstić information content (AvgIpc) is 2.16. The molecule has 0 aliphatic heterocycles. The second-order valence-electron chi connectivity index (χ2n) is 2.57. The Morgan fingerprint density at radius 1 is 1.50 bits per heavy atom. The molecule has 0 fully saturated rings. The summed E-state index contributed by atoms with van der Waals surface area (Å²) in [7, 11) is 0. The largest absolute Gasteiger partial charge is 0.392 e. The third-order valence-electron chi connectivity index (χ3n) is 1.71. The topological polar surface area (TPSA) is 33.1 Å². The van der Waals surface area contributed by atoms with Crippen LogP contribution in [0.4, 0.5) is 8.78 Å². The fourth-order valence-electron chi connectivity index (χ4n) is 1.01. The first-order chi connectivity index (χ1) is 6.60. The van der Waals surface area contributed by atoms with Crippen LogP contribution in [0, 0.1) is 0 Å². The molecule has 1 aromatic heterocycles. The smallest absolute Gasteiger partial charge is 0.280 e. The molecule has 1 aromatic rings. The lowest BCUT2D eigenvalue weighted by Gasteiger charge is -2.08. The van der Waals surface area contributed by atoms with E-state index >= 15 is 0 Å². The maximum Gasteiger partial charge on any atom is 0.280 e. The second kappa shape index (κ2) is 4.87. The highest BCUT2D eigenvalue weighted by molar-refractivity contribution is 6.30. The minimum absolute atomic E-state index is 0.0118. The van der Waals surface area contributed by atoms with Crippen LogP contribution in [0.5, 0.6) is 0 Å². The molecular formula is C8H7Cl2F2NO. The Balaban J connectivity index is 3.24. The molecule has 6 heteroatoms. The number of halogens is 4. The number of aliphatic hydroxyl groups is 1. The van der Waals surface area contributed by atoms with Crippen LogP contribution in [0.2, 0.25) is 5.15 Å². The van der Waals surface area contributed by atoms with Crippen LogP contribution in [0.25, 0.3) is 0 Å². The quantitative estimate of drug-likeness (QED) is 0.652. The molecule has 0 aromatic carbocycles. The highest BCUT2D eigenvalue weighted by Crippen LogP contribution is 2.25. The predicted octanol–water partition coefficient (Wildman–Crippen LogP) is 2.90. The highest BCUT2D eigenvalue weighted by atomic mass is 35.5. The summed E-state index contributed by atoms with van der Waals surface area (Å²) in [5.74, 6) is 0.0118. The minimum atomic E-state index is -2.69. The van der Waals surface area contributed by atoms with Crippen LogP contribution in [0.3, 0.4) is 0 Å². The molecule has 0 bridgehead atoms. The van der Waals surface area contributed by atoms with Crippen molar-refractivity contribution in [3.05, 3.63) is 28.0 Å². The molecule has 0 saturated heterocycles. The van der Waals surface area contributed by atoms with Gasteiger partial charge in [-0.2, -0.15) is 0 Å². The van der Waals surface area contributed by atoms with Gasteiger partial charge in [-0.1, -0.05) is 11.6 Å². The van der Waals surface area contributed by atoms with E-state index in [0.29, 0.717) is 11.1 Å². The molecule has 0 aliphatic carbocycles. The van der Waals surface area contributed by atoms with Gasteiger partial charge in [0, 0.05) is 11.4 Å². The van der Waals surface area contributed by atoms with E-state index in [9.17, 15) is 8.78 Å². The van der Waals surface area contributed by atoms with Crippen molar-refractivity contribution in [2.75, 3.05) is 0 Å². The number of aliphatic hydroxyl groups excluding tert-OH is 1. The molecule has 1 heterocycles. The van der Waals surface area contributed by atoms with Gasteiger partial charge in [0.15, 0.2) is 0 Å². The summed E-state index contributed by atoms with van der Waals surface area (Å²) < 4.78 is 24.5. The van der Waals surface area contributed by atoms with Crippen molar-refractivity contribution < 1.29 is 13.9 Å². The summed E-state index contributed by atoms with van der Waals surface area (Å²) >= 11 is 11.1. The van der Waals surface area contributed by atoms with Crippen molar-refractivity contribution in [3.8, 4) is 0 Å². The van der Waals surface area contributed by atoms with E-state index in [1.165, 1.54) is 0 Å². The van der Waals surface area contributed by atoms with Crippen molar-refractivity contribution in [1.82, 2.24) is 4.98 Å². The summed E-state index contributed by atoms with van der Waals surface area (Å²) in [6.07, 6.45) is -2.69. The maximum atomic E-state index is 12.3. The van der Waals surface area contributed by atoms with Crippen LogP contribution in [-0.4, -0.2) is 10.1 Å². The Hall–Kier alpha value is -0.450. The zero-order valence-corrected chi connectivity index (χ0v) is 8.49. The maximum absolute atomic E-state index is 12.3. The van der Waals surface area contributed by atoms with Gasteiger partial charge in [0.25, 0.3) is 6.43 Å². The Morgan fingerprint density at radius 2 is 2.14 bits per heavy atom. The first kappa shape index (κ1) is 11.6. The fraction of sp³-hybridized carbons (Fsp3) is 0.375. The van der Waals surface area contributed by atoms with Crippen LogP contribution in [0.1, 0.15) is 23.2 Å². The fourth-order valence-corrected chi connectivity index (χ4v) is 1.53. The number of nitrogens with zero attached hydrogens (tertiary/aromatic N) is 1. The van der Waals surface area contributed by atoms with Crippen molar-refractivity contribution in [3.63, 3.8) is 0 Å². The lowest BCUT2D eigenvalue weighted by atomic mass is 10.1. The third-order valence-corrected chi connectivity index (χ3v) is 2.31. The summed E-state index contributed by atoms with van der Waals surface area (Å²) in [5.41, 5.74) is 0.249. The Kier molecular flexibility index (Phi) is 4.04. The van der Waals surface area contributed by atoms with Crippen LogP contribution >= 0.6 is 23.2 Å². The van der Waals surface area contributed by atoms with Crippen molar-refractivity contribution in [2.24, 2.45) is 0 Å². The number of rotatable bonds is 3. The first-order valence-corrected chi connectivity index (χ1v) is 4.64. The van der Waals surface area contributed by atoms with E-state index in [4.69, 9.17) is 28.3 Å². The number of aromatic nitrogens is 1. The molecule has 0 radical (unpaired) electrons. The molecule has 0 unspecified atom stereocenters. The van der Waals surface area contributed by atoms with Crippen LogP contribution in [0.15, 0.2) is 6.07 Å². The monoisotopic (exact) mass is 241 g/mol. The summed E-state index contributed by atoms with van der Waals surface area (Å²) in [4.78, 5) is 3.45. The van der Waals surface area contributed by atoms with E-state index in [-0.39, 0.29) is 17.6 Å². The molecule has 14 heavy (non-hydrogen) atoms. The van der Waals surface area contributed by atoms with E-state index in [2.05, 4.69) is 4.98 Å². The lowest BCUT2D eigenvalue weighted by Crippen LogP contribution is -2.00. The second-order valence-corrected chi connectivity index (χ2v) is 3.19. The van der Waals surface area contributed by atoms with Crippen LogP contribution in [-0.2, 0) is 12.5 Å². The molecule has 1 rings (SSSR count). The molecule has 0 aliphatic rings. The van der Waals surface area contributed by atoms with Crippen molar-refractivity contribution in [1.29, 1.82) is 0 Å². The van der Waals surface area contributed by atoms with E-state index in [1.54, 1.807) is 0 Å². The average molecular weight is 242 g/mol. The number of pyridine rings is 1. The molecule has 1 N–H and O–H groups in total. The number of alkyl halides is 3. The molecule has 0 amide bonds. The van der Waals surface area contributed by atoms with Gasteiger partial charge in [-0.05, 0) is 11.6 Å². The SMILES string of the molecule is OCc1c(CCl)cc(C(F)F)nc1Cl. The van der Waals surface area contributed by atoms with E-state index < -0.39 is 12.1 Å². The molecule has 0 atom stereocenters. The summed E-state index contributed by atoms with van der Waals surface area (Å²) in [5, 5.41) is 8.77. The predicted molar refractivity (Wildman–Crippen MR) is 49.7 cm³/mol. The van der Waals surface area contributed by atoms with Crippen molar-refractivity contribution in [2.45, 2.75) is 18.9 Å². The summed E-state index contributed by atoms with van der Waals surface area (Å²) in [6.45, 7) is -0.364. The molecule has 0 saturated carbocycles. The Morgan fingerprint density at radius 3 is 2.57 bits per heavy atom. The Bertz CT molecular complexity index is 333. The number of hydrogen-bond donors (Lipinski definition) is 1. The van der Waals surface area contributed by atoms with Gasteiger partial charge in [0.1, 0.15) is 10.8 Å². The zero-order chi connectivity index (χ0) is 10.7. The van der Waals surface area contributed by atoms with Gasteiger partial charge >= 0.3 is 0 Å². The van der Waals surface area contributed by atoms with Crippen molar-refractivity contribution >= 4 is 23.2 Å². The van der Waals surface area contributed by atoms with Gasteiger partial charge < -0.3 is 5.11 Å². The lowest BCUT2D eigenvalue weighted by molar-refractivity contribution is 0.146. The van der Waals surface area contributed by atoms with Gasteiger partial charge in [-0.3, -0.25) is 0 Å². The summed E-state index contributed by atoms with van der Waals surface area (Å²) in [6, 6.07) is 1.15. The molecular weight excluding hydrogens is 235 g/mol. The van der Waals surface area contributed by atoms with Gasteiger partial charge in [-0.15, -0.1) is 11.6 Å². The Labute approximate surface area is 89.5 Å².